The van der Waals surface area contributed by atoms with Crippen LogP contribution in [0, 0.1) is 0 Å². The Bertz CT molecular complexity index is 436. The maximum absolute atomic E-state index is 11.5. The largest absolute Gasteiger partial charge is 0.481 e. The Hall–Kier alpha value is -1.53. The van der Waals surface area contributed by atoms with Gasteiger partial charge < -0.3 is 15.2 Å². The number of amides is 1. The number of methoxy groups -OCH3 is 1. The summed E-state index contributed by atoms with van der Waals surface area (Å²) in [7, 11) is 1.46. The third kappa shape index (κ3) is 6.26. The molecule has 0 fully saturated rings. The third-order valence-electron chi connectivity index (χ3n) is 2.23. The predicted octanol–water partition coefficient (Wildman–Crippen LogP) is 2.23. The molecule has 1 aromatic rings. The van der Waals surface area contributed by atoms with E-state index in [-0.39, 0.29) is 18.9 Å². The molecule has 0 radical (unpaired) electrons. The Morgan fingerprint density at radius 1 is 1.37 bits per heavy atom. The van der Waals surface area contributed by atoms with Crippen LogP contribution in [-0.2, 0) is 14.3 Å². The number of carbonyl (C=O) groups excluding carboxylic acids is 1. The lowest BCUT2D eigenvalue weighted by atomic mass is 10.3. The average Bonchev–Trinajstić information content (AvgIpc) is 2.36. The molecule has 0 spiro atoms. The fourth-order valence-corrected chi connectivity index (χ4v) is 2.38. The molecule has 0 bridgehead atoms. The topological polar surface area (TPSA) is 75.6 Å². The zero-order valence-electron chi connectivity index (χ0n) is 10.7. The molecule has 0 aliphatic carbocycles. The molecule has 0 aliphatic rings. The van der Waals surface area contributed by atoms with Crippen LogP contribution in [0.25, 0.3) is 0 Å². The highest BCUT2D eigenvalue weighted by Gasteiger charge is 2.07. The molecule has 1 amide bonds. The van der Waals surface area contributed by atoms with Crippen molar-refractivity contribution in [1.29, 1.82) is 0 Å². The van der Waals surface area contributed by atoms with Gasteiger partial charge in [-0.25, -0.2) is 0 Å². The monoisotopic (exact) mass is 283 g/mol. The van der Waals surface area contributed by atoms with Crippen LogP contribution in [-0.4, -0.2) is 36.5 Å². The van der Waals surface area contributed by atoms with Crippen LogP contribution in [0.4, 0.5) is 5.69 Å². The van der Waals surface area contributed by atoms with Crippen molar-refractivity contribution >= 4 is 29.3 Å². The summed E-state index contributed by atoms with van der Waals surface area (Å²) in [6, 6.07) is 7.43. The lowest BCUT2D eigenvalue weighted by Crippen LogP contribution is -2.17. The molecule has 5 nitrogen and oxygen atoms in total. The molecule has 1 aromatic carbocycles. The molecule has 0 aromatic heterocycles. The van der Waals surface area contributed by atoms with Crippen molar-refractivity contribution in [2.45, 2.75) is 17.7 Å². The van der Waals surface area contributed by atoms with Gasteiger partial charge in [-0.2, -0.15) is 0 Å². The lowest BCUT2D eigenvalue weighted by molar-refractivity contribution is -0.137. The molecule has 0 saturated heterocycles. The second-order valence-corrected chi connectivity index (χ2v) is 4.96. The van der Waals surface area contributed by atoms with E-state index >= 15 is 0 Å². The van der Waals surface area contributed by atoms with Crippen molar-refractivity contribution in [2.75, 3.05) is 24.8 Å². The van der Waals surface area contributed by atoms with E-state index in [1.165, 1.54) is 18.9 Å². The Balaban J connectivity index is 2.52. The van der Waals surface area contributed by atoms with Crippen LogP contribution in [0.5, 0.6) is 0 Å². The van der Waals surface area contributed by atoms with Crippen LogP contribution in [0.3, 0.4) is 0 Å². The number of hydrogen-bond acceptors (Lipinski definition) is 4. The number of thioether (sulfide) groups is 1. The highest BCUT2D eigenvalue weighted by atomic mass is 32.2. The minimum Gasteiger partial charge on any atom is -0.481 e. The second-order valence-electron chi connectivity index (χ2n) is 3.82. The van der Waals surface area contributed by atoms with Gasteiger partial charge >= 0.3 is 5.97 Å². The standard InChI is InChI=1S/C13H17NO4S/c1-18-9-12(15)14-10-5-2-3-6-11(10)19-8-4-7-13(16)17/h2-3,5-6H,4,7-9H2,1H3,(H,14,15)(H,16,17). The number of nitrogens with one attached hydrogen (secondary N) is 1. The summed E-state index contributed by atoms with van der Waals surface area (Å²) in [5, 5.41) is 11.3. The van der Waals surface area contributed by atoms with Crippen LogP contribution >= 0.6 is 11.8 Å². The van der Waals surface area contributed by atoms with Gasteiger partial charge in [-0.05, 0) is 24.3 Å². The molecular formula is C13H17NO4S. The van der Waals surface area contributed by atoms with Crippen LogP contribution in [0.1, 0.15) is 12.8 Å². The van der Waals surface area contributed by atoms with Gasteiger partial charge in [-0.3, -0.25) is 9.59 Å². The first-order valence-corrected chi connectivity index (χ1v) is 6.84. The van der Waals surface area contributed by atoms with Crippen molar-refractivity contribution in [3.8, 4) is 0 Å². The van der Waals surface area contributed by atoms with E-state index in [2.05, 4.69) is 5.32 Å². The van der Waals surface area contributed by atoms with Crippen molar-refractivity contribution in [2.24, 2.45) is 0 Å². The summed E-state index contributed by atoms with van der Waals surface area (Å²) < 4.78 is 4.76. The van der Waals surface area contributed by atoms with Crippen molar-refractivity contribution in [3.05, 3.63) is 24.3 Å². The molecule has 0 saturated carbocycles. The summed E-state index contributed by atoms with van der Waals surface area (Å²) in [5.41, 5.74) is 0.727. The first-order valence-electron chi connectivity index (χ1n) is 5.86. The number of rotatable bonds is 8. The van der Waals surface area contributed by atoms with Crippen molar-refractivity contribution in [3.63, 3.8) is 0 Å². The first kappa shape index (κ1) is 15.5. The van der Waals surface area contributed by atoms with Gasteiger partial charge in [-0.15, -0.1) is 11.8 Å². The molecule has 104 valence electrons. The second kappa shape index (κ2) is 8.55. The maximum atomic E-state index is 11.5. The number of aliphatic carboxylic acids is 1. The smallest absolute Gasteiger partial charge is 0.303 e. The summed E-state index contributed by atoms with van der Waals surface area (Å²) in [4.78, 5) is 22.8. The van der Waals surface area contributed by atoms with Gasteiger partial charge in [0.15, 0.2) is 0 Å². The number of ether oxygens (including phenoxy) is 1. The van der Waals surface area contributed by atoms with Gasteiger partial charge in [0, 0.05) is 18.4 Å². The lowest BCUT2D eigenvalue weighted by Gasteiger charge is -2.10. The first-order chi connectivity index (χ1) is 9.13. The minimum atomic E-state index is -0.790. The number of carbonyl (C=O) groups is 2. The third-order valence-corrected chi connectivity index (χ3v) is 3.39. The zero-order chi connectivity index (χ0) is 14.1. The number of anilines is 1. The number of carboxylic acid groups (broad SMARTS) is 1. The molecule has 0 aliphatic heterocycles. The molecule has 6 heteroatoms. The van der Waals surface area contributed by atoms with Crippen molar-refractivity contribution in [1.82, 2.24) is 0 Å². The van der Waals surface area contributed by atoms with E-state index < -0.39 is 5.97 Å². The predicted molar refractivity (Wildman–Crippen MR) is 74.5 cm³/mol. The molecule has 2 N–H and O–H groups in total. The van der Waals surface area contributed by atoms with Crippen LogP contribution < -0.4 is 5.32 Å². The Labute approximate surface area is 116 Å². The molecule has 1 rings (SSSR count). The fourth-order valence-electron chi connectivity index (χ4n) is 1.42. The zero-order valence-corrected chi connectivity index (χ0v) is 11.5. The Morgan fingerprint density at radius 3 is 2.79 bits per heavy atom. The number of carboxylic acids is 1. The SMILES string of the molecule is COCC(=O)Nc1ccccc1SCCCC(=O)O. The van der Waals surface area contributed by atoms with E-state index in [4.69, 9.17) is 9.84 Å². The minimum absolute atomic E-state index is 0.0119. The van der Waals surface area contributed by atoms with Gasteiger partial charge in [0.05, 0.1) is 5.69 Å². The van der Waals surface area contributed by atoms with Crippen LogP contribution in [0.15, 0.2) is 29.2 Å². The highest BCUT2D eigenvalue weighted by Crippen LogP contribution is 2.27. The van der Waals surface area contributed by atoms with Gasteiger partial charge in [0.1, 0.15) is 6.61 Å². The Kier molecular flexibility index (Phi) is 6.99. The normalized spacial score (nSPS) is 10.2. The van der Waals surface area contributed by atoms with Crippen LogP contribution in [0.2, 0.25) is 0 Å². The van der Waals surface area contributed by atoms with Gasteiger partial charge in [0.25, 0.3) is 0 Å². The van der Waals surface area contributed by atoms with E-state index in [1.807, 2.05) is 24.3 Å². The van der Waals surface area contributed by atoms with E-state index in [0.717, 1.165) is 10.6 Å². The summed E-state index contributed by atoms with van der Waals surface area (Å²) in [5.74, 6) is -0.299. The van der Waals surface area contributed by atoms with E-state index in [1.54, 1.807) is 0 Å². The highest BCUT2D eigenvalue weighted by molar-refractivity contribution is 7.99. The molecule has 0 unspecified atom stereocenters. The average molecular weight is 283 g/mol. The number of para-hydroxylation sites is 1. The Morgan fingerprint density at radius 2 is 2.11 bits per heavy atom. The fraction of sp³-hybridized carbons (Fsp3) is 0.385. The van der Waals surface area contributed by atoms with Crippen molar-refractivity contribution < 1.29 is 19.4 Å². The maximum Gasteiger partial charge on any atom is 0.303 e. The number of benzene rings is 1. The molecule has 19 heavy (non-hydrogen) atoms. The number of hydrogen-bond donors (Lipinski definition) is 2. The summed E-state index contributed by atoms with van der Waals surface area (Å²) >= 11 is 1.53. The van der Waals surface area contributed by atoms with E-state index in [9.17, 15) is 9.59 Å². The summed E-state index contributed by atoms with van der Waals surface area (Å²) in [6.07, 6.45) is 0.756. The van der Waals surface area contributed by atoms with Gasteiger partial charge in [0.2, 0.25) is 5.91 Å². The molecular weight excluding hydrogens is 266 g/mol. The molecule has 0 atom stereocenters. The molecule has 0 heterocycles. The van der Waals surface area contributed by atoms with Gasteiger partial charge in [-0.1, -0.05) is 12.1 Å². The summed E-state index contributed by atoms with van der Waals surface area (Å²) in [6.45, 7) is 0.0119. The quantitative estimate of drug-likeness (QED) is 0.565. The van der Waals surface area contributed by atoms with E-state index in [0.29, 0.717) is 12.2 Å².